The summed E-state index contributed by atoms with van der Waals surface area (Å²) in [4.78, 5) is 0. The Morgan fingerprint density at radius 2 is 1.41 bits per heavy atom. The summed E-state index contributed by atoms with van der Waals surface area (Å²) in [5.41, 5.74) is 0. The molecule has 0 aromatic heterocycles. The standard InChI is InChI=1S/C7H16NO2.F6P/c1-8(2-5-9)3-6-10-7-4-8;1-7(2,3,4,5)6/h9H,2-7H2,1H3;/q+1;-1. The van der Waals surface area contributed by atoms with Crippen LogP contribution >= 0.6 is 7.81 Å². The Hall–Kier alpha value is -0.110. The van der Waals surface area contributed by atoms with Gasteiger partial charge in [-0.05, 0) is 0 Å². The second kappa shape index (κ2) is 4.53. The summed E-state index contributed by atoms with van der Waals surface area (Å²) in [6.45, 7) is 4.92. The predicted octanol–water partition coefficient (Wildman–Crippen LogP) is 2.84. The Kier molecular flexibility index (Phi) is 4.50. The van der Waals surface area contributed by atoms with Gasteiger partial charge in [-0.1, -0.05) is 0 Å². The van der Waals surface area contributed by atoms with Gasteiger partial charge in [0.05, 0.1) is 26.9 Å². The topological polar surface area (TPSA) is 29.5 Å². The second-order valence-electron chi connectivity index (χ2n) is 4.08. The minimum absolute atomic E-state index is 0.288. The molecule has 0 saturated carbocycles. The summed E-state index contributed by atoms with van der Waals surface area (Å²) in [6.07, 6.45) is 0. The molecule has 0 aliphatic carbocycles. The fourth-order valence-corrected chi connectivity index (χ4v) is 1.25. The van der Waals surface area contributed by atoms with Crippen molar-refractivity contribution in [2.75, 3.05) is 46.5 Å². The molecule has 0 radical (unpaired) electrons. The Bertz CT molecular complexity index is 229. The molecule has 0 aromatic carbocycles. The second-order valence-corrected chi connectivity index (χ2v) is 6.00. The molecule has 0 amide bonds. The van der Waals surface area contributed by atoms with Crippen LogP contribution in [0.15, 0.2) is 0 Å². The van der Waals surface area contributed by atoms with Gasteiger partial charge in [0, 0.05) is 0 Å². The van der Waals surface area contributed by atoms with E-state index in [2.05, 4.69) is 7.05 Å². The van der Waals surface area contributed by atoms with E-state index in [0.29, 0.717) is 0 Å². The van der Waals surface area contributed by atoms with Crippen LogP contribution in [0, 0.1) is 0 Å². The van der Waals surface area contributed by atoms with Gasteiger partial charge in [0.25, 0.3) is 0 Å². The van der Waals surface area contributed by atoms with Crippen molar-refractivity contribution < 1.29 is 39.5 Å². The van der Waals surface area contributed by atoms with Gasteiger partial charge < -0.3 is 14.3 Å². The molecular weight excluding hydrogens is 275 g/mol. The van der Waals surface area contributed by atoms with Gasteiger partial charge in [0.15, 0.2) is 0 Å². The van der Waals surface area contributed by atoms with Crippen LogP contribution in [-0.2, 0) is 4.74 Å². The molecule has 10 heteroatoms. The summed E-state index contributed by atoms with van der Waals surface area (Å²) >= 11 is 0. The monoisotopic (exact) mass is 291 g/mol. The van der Waals surface area contributed by atoms with E-state index < -0.39 is 7.81 Å². The molecule has 1 rings (SSSR count). The van der Waals surface area contributed by atoms with Crippen LogP contribution in [0.25, 0.3) is 0 Å². The summed E-state index contributed by atoms with van der Waals surface area (Å²) < 4.78 is 65.4. The number of halogens is 6. The molecule has 0 bridgehead atoms. The van der Waals surface area contributed by atoms with Crippen molar-refractivity contribution in [1.82, 2.24) is 0 Å². The Balaban J connectivity index is 0.000000325. The number of likely N-dealkylation sites (N-methyl/N-ethyl adjacent to an activating group) is 1. The number of morpholine rings is 1. The SMILES string of the molecule is C[N+]1(CCO)CCOCC1.F[P-](F)(F)(F)(F)F. The molecule has 1 heterocycles. The molecule has 0 aromatic rings. The van der Waals surface area contributed by atoms with Crippen LogP contribution in [0.4, 0.5) is 25.2 Å². The van der Waals surface area contributed by atoms with Crippen molar-refractivity contribution in [3.8, 4) is 0 Å². The van der Waals surface area contributed by atoms with Crippen molar-refractivity contribution >= 4 is 7.81 Å². The van der Waals surface area contributed by atoms with Crippen LogP contribution < -0.4 is 0 Å². The number of hydrogen-bond donors (Lipinski definition) is 1. The van der Waals surface area contributed by atoms with Gasteiger partial charge in [-0.25, -0.2) is 0 Å². The van der Waals surface area contributed by atoms with Crippen LogP contribution in [0.1, 0.15) is 0 Å². The van der Waals surface area contributed by atoms with Crippen molar-refractivity contribution in [2.24, 2.45) is 0 Å². The fraction of sp³-hybridized carbons (Fsp3) is 1.00. The molecule has 1 N–H and O–H groups in total. The first kappa shape index (κ1) is 16.9. The van der Waals surface area contributed by atoms with Gasteiger partial charge in [0.1, 0.15) is 19.6 Å². The number of ether oxygens (including phenoxy) is 1. The average Bonchev–Trinajstić information content (AvgIpc) is 1.99. The predicted molar refractivity (Wildman–Crippen MR) is 52.3 cm³/mol. The van der Waals surface area contributed by atoms with Gasteiger partial charge >= 0.3 is 33.0 Å². The van der Waals surface area contributed by atoms with E-state index in [1.807, 2.05) is 0 Å². The van der Waals surface area contributed by atoms with Crippen molar-refractivity contribution in [3.63, 3.8) is 0 Å². The van der Waals surface area contributed by atoms with Crippen molar-refractivity contribution in [3.05, 3.63) is 0 Å². The van der Waals surface area contributed by atoms with Crippen LogP contribution in [0.3, 0.4) is 0 Å². The molecule has 1 saturated heterocycles. The molecule has 0 spiro atoms. The van der Waals surface area contributed by atoms with Gasteiger partial charge in [-0.3, -0.25) is 0 Å². The summed E-state index contributed by atoms with van der Waals surface area (Å²) in [5.74, 6) is 0. The van der Waals surface area contributed by atoms with E-state index in [1.54, 1.807) is 0 Å². The number of quaternary nitrogens is 1. The molecule has 17 heavy (non-hydrogen) atoms. The van der Waals surface area contributed by atoms with Gasteiger partial charge in [0.2, 0.25) is 0 Å². The maximum absolute atomic E-state index is 10.7. The minimum atomic E-state index is -10.7. The Morgan fingerprint density at radius 1 is 1.06 bits per heavy atom. The van der Waals surface area contributed by atoms with E-state index in [0.717, 1.165) is 37.3 Å². The number of rotatable bonds is 2. The number of aliphatic hydroxyl groups is 1. The molecule has 108 valence electrons. The average molecular weight is 291 g/mol. The molecule has 1 aliphatic heterocycles. The van der Waals surface area contributed by atoms with E-state index in [1.165, 1.54) is 0 Å². The first-order valence-electron chi connectivity index (χ1n) is 4.80. The molecule has 1 fully saturated rings. The van der Waals surface area contributed by atoms with Gasteiger partial charge in [-0.15, -0.1) is 0 Å². The van der Waals surface area contributed by atoms with E-state index in [-0.39, 0.29) is 6.61 Å². The number of nitrogens with zero attached hydrogens (tertiary/aromatic N) is 1. The van der Waals surface area contributed by atoms with Crippen LogP contribution in [0.5, 0.6) is 0 Å². The van der Waals surface area contributed by atoms with E-state index >= 15 is 0 Å². The van der Waals surface area contributed by atoms with Crippen LogP contribution in [-0.4, -0.2) is 56.1 Å². The van der Waals surface area contributed by atoms with Crippen LogP contribution in [0.2, 0.25) is 0 Å². The summed E-state index contributed by atoms with van der Waals surface area (Å²) in [7, 11) is -8.49. The third-order valence-corrected chi connectivity index (χ3v) is 2.19. The number of hydrogen-bond acceptors (Lipinski definition) is 2. The molecule has 0 unspecified atom stereocenters. The summed E-state index contributed by atoms with van der Waals surface area (Å²) in [6, 6.07) is 0. The van der Waals surface area contributed by atoms with Gasteiger partial charge in [-0.2, -0.15) is 0 Å². The quantitative estimate of drug-likeness (QED) is 0.481. The maximum atomic E-state index is 9.87. The molecular formula is C7H16F6NO2P. The molecule has 3 nitrogen and oxygen atoms in total. The molecule has 0 atom stereocenters. The molecule has 1 aliphatic rings. The van der Waals surface area contributed by atoms with E-state index in [4.69, 9.17) is 9.84 Å². The Labute approximate surface area is 94.8 Å². The normalized spacial score (nSPS) is 24.0. The third kappa shape index (κ3) is 15.9. The zero-order chi connectivity index (χ0) is 13.9. The number of aliphatic hydroxyl groups excluding tert-OH is 1. The summed E-state index contributed by atoms with van der Waals surface area (Å²) in [5, 5.41) is 8.73. The van der Waals surface area contributed by atoms with E-state index in [9.17, 15) is 25.2 Å². The first-order valence-corrected chi connectivity index (χ1v) is 6.83. The van der Waals surface area contributed by atoms with Crippen molar-refractivity contribution in [2.45, 2.75) is 0 Å². The zero-order valence-electron chi connectivity index (χ0n) is 9.26. The van der Waals surface area contributed by atoms with Crippen molar-refractivity contribution in [1.29, 1.82) is 0 Å². The zero-order valence-corrected chi connectivity index (χ0v) is 10.2. The third-order valence-electron chi connectivity index (χ3n) is 2.19. The Morgan fingerprint density at radius 3 is 1.71 bits per heavy atom. The first-order chi connectivity index (χ1) is 7.22. The fourth-order valence-electron chi connectivity index (χ4n) is 1.25.